The van der Waals surface area contributed by atoms with E-state index in [9.17, 15) is 20.0 Å². The molecule has 0 unspecified atom stereocenters. The van der Waals surface area contributed by atoms with Gasteiger partial charge in [-0.2, -0.15) is 0 Å². The summed E-state index contributed by atoms with van der Waals surface area (Å²) in [5.74, 6) is -0.306. The molecule has 1 heterocycles. The molecule has 2 N–H and O–H groups in total. The molecule has 114 valence electrons. The third-order valence-electron chi connectivity index (χ3n) is 3.42. The first kappa shape index (κ1) is 15.2. The zero-order chi connectivity index (χ0) is 15.4. The zero-order valence-corrected chi connectivity index (χ0v) is 11.9. The molecule has 0 spiro atoms. The van der Waals surface area contributed by atoms with Crippen LogP contribution in [0, 0.1) is 10.1 Å². The number of benzene rings is 1. The van der Waals surface area contributed by atoms with Crippen LogP contribution in [0.3, 0.4) is 0 Å². The van der Waals surface area contributed by atoms with Gasteiger partial charge in [0.15, 0.2) is 0 Å². The van der Waals surface area contributed by atoms with E-state index in [0.29, 0.717) is 25.3 Å². The Bertz CT molecular complexity index is 539. The molecule has 1 amide bonds. The number of nitro benzene ring substituents is 1. The lowest BCUT2D eigenvalue weighted by atomic mass is 10.1. The van der Waals surface area contributed by atoms with Crippen LogP contribution in [0.15, 0.2) is 18.2 Å². The highest BCUT2D eigenvalue weighted by molar-refractivity contribution is 5.99. The first-order chi connectivity index (χ1) is 9.99. The predicted molar refractivity (Wildman–Crippen MR) is 78.4 cm³/mol. The first-order valence-electron chi connectivity index (χ1n) is 6.98. The molecule has 2 rings (SSSR count). The van der Waals surface area contributed by atoms with Crippen LogP contribution in [0.5, 0.6) is 0 Å². The highest BCUT2D eigenvalue weighted by atomic mass is 16.6. The van der Waals surface area contributed by atoms with E-state index in [1.807, 2.05) is 0 Å². The van der Waals surface area contributed by atoms with E-state index in [1.165, 1.54) is 12.1 Å². The maximum Gasteiger partial charge on any atom is 0.282 e. The van der Waals surface area contributed by atoms with Crippen molar-refractivity contribution in [1.82, 2.24) is 4.90 Å². The Balaban J connectivity index is 2.27. The number of nitrogens with one attached hydrogen (secondary N) is 1. The molecule has 1 fully saturated rings. The van der Waals surface area contributed by atoms with Gasteiger partial charge in [0.25, 0.3) is 11.6 Å². The Morgan fingerprint density at radius 1 is 1.48 bits per heavy atom. The summed E-state index contributed by atoms with van der Waals surface area (Å²) < 4.78 is 0. The maximum atomic E-state index is 12.4. The van der Waals surface area contributed by atoms with Crippen LogP contribution in [0.1, 0.15) is 30.1 Å². The van der Waals surface area contributed by atoms with Crippen molar-refractivity contribution in [1.29, 1.82) is 0 Å². The largest absolute Gasteiger partial charge is 0.392 e. The fraction of sp³-hybridized carbons (Fsp3) is 0.500. The average Bonchev–Trinajstić information content (AvgIpc) is 2.98. The summed E-state index contributed by atoms with van der Waals surface area (Å²) in [5.41, 5.74) is 0.496. The minimum Gasteiger partial charge on any atom is -0.392 e. The smallest absolute Gasteiger partial charge is 0.282 e. The molecular formula is C14H19N3O4. The number of hydrogen-bond acceptors (Lipinski definition) is 5. The van der Waals surface area contributed by atoms with E-state index in [-0.39, 0.29) is 17.2 Å². The molecule has 21 heavy (non-hydrogen) atoms. The monoisotopic (exact) mass is 293 g/mol. The topological polar surface area (TPSA) is 95.7 Å². The van der Waals surface area contributed by atoms with Crippen molar-refractivity contribution in [2.24, 2.45) is 0 Å². The number of anilines is 1. The van der Waals surface area contributed by atoms with Gasteiger partial charge in [0, 0.05) is 31.4 Å². The summed E-state index contributed by atoms with van der Waals surface area (Å²) in [6.45, 7) is 3.23. The summed E-state index contributed by atoms with van der Waals surface area (Å²) in [6, 6.07) is 4.36. The third-order valence-corrected chi connectivity index (χ3v) is 3.42. The number of amides is 1. The molecule has 0 saturated carbocycles. The van der Waals surface area contributed by atoms with Gasteiger partial charge in [-0.25, -0.2) is 0 Å². The summed E-state index contributed by atoms with van der Waals surface area (Å²) >= 11 is 0. The SMILES string of the molecule is C[C@@H](O)CNc1ccc([N+](=O)[O-])c(C(=O)N2CCCC2)c1. The van der Waals surface area contributed by atoms with E-state index >= 15 is 0 Å². The van der Waals surface area contributed by atoms with Gasteiger partial charge in [0.05, 0.1) is 11.0 Å². The van der Waals surface area contributed by atoms with Gasteiger partial charge in [-0.1, -0.05) is 0 Å². The second kappa shape index (κ2) is 6.53. The van der Waals surface area contributed by atoms with Crippen molar-refractivity contribution in [2.75, 3.05) is 25.0 Å². The number of aliphatic hydroxyl groups excluding tert-OH is 1. The minimum atomic E-state index is -0.544. The van der Waals surface area contributed by atoms with Crippen LogP contribution in [0.2, 0.25) is 0 Å². The van der Waals surface area contributed by atoms with Gasteiger partial charge in [0.1, 0.15) is 5.56 Å². The van der Waals surface area contributed by atoms with Crippen molar-refractivity contribution in [2.45, 2.75) is 25.9 Å². The molecule has 1 atom stereocenters. The standard InChI is InChI=1S/C14H19N3O4/c1-10(18)9-15-11-4-5-13(17(20)21)12(8-11)14(19)16-6-2-3-7-16/h4-5,8,10,15,18H,2-3,6-7,9H2,1H3/t10-/m1/s1. The Hall–Kier alpha value is -2.15. The summed E-state index contributed by atoms with van der Waals surface area (Å²) in [6.07, 6.45) is 1.32. The van der Waals surface area contributed by atoms with Gasteiger partial charge < -0.3 is 15.3 Å². The highest BCUT2D eigenvalue weighted by Crippen LogP contribution is 2.25. The highest BCUT2D eigenvalue weighted by Gasteiger charge is 2.26. The summed E-state index contributed by atoms with van der Waals surface area (Å²) in [4.78, 5) is 24.6. The van der Waals surface area contributed by atoms with Crippen LogP contribution < -0.4 is 5.32 Å². The Kier molecular flexibility index (Phi) is 4.74. The predicted octanol–water partition coefficient (Wildman–Crippen LogP) is 1.62. The average molecular weight is 293 g/mol. The fourth-order valence-corrected chi connectivity index (χ4v) is 2.33. The number of nitrogens with zero attached hydrogens (tertiary/aromatic N) is 2. The van der Waals surface area contributed by atoms with Gasteiger partial charge in [-0.05, 0) is 31.9 Å². The number of carbonyl (C=O) groups excluding carboxylic acids is 1. The van der Waals surface area contributed by atoms with Gasteiger partial charge in [-0.3, -0.25) is 14.9 Å². The Morgan fingerprint density at radius 2 is 2.14 bits per heavy atom. The fourth-order valence-electron chi connectivity index (χ4n) is 2.33. The molecule has 0 aromatic heterocycles. The molecule has 1 aromatic carbocycles. The quantitative estimate of drug-likeness (QED) is 0.635. The number of nitro groups is 1. The van der Waals surface area contributed by atoms with Crippen molar-refractivity contribution in [3.63, 3.8) is 0 Å². The number of hydrogen-bond donors (Lipinski definition) is 2. The lowest BCUT2D eigenvalue weighted by molar-refractivity contribution is -0.385. The molecule has 0 bridgehead atoms. The van der Waals surface area contributed by atoms with E-state index < -0.39 is 11.0 Å². The van der Waals surface area contributed by atoms with Crippen LogP contribution >= 0.6 is 0 Å². The zero-order valence-electron chi connectivity index (χ0n) is 11.9. The molecule has 1 saturated heterocycles. The minimum absolute atomic E-state index is 0.0949. The first-order valence-corrected chi connectivity index (χ1v) is 6.98. The number of carbonyl (C=O) groups is 1. The Labute approximate surface area is 122 Å². The van der Waals surface area contributed by atoms with Crippen molar-refractivity contribution in [3.05, 3.63) is 33.9 Å². The number of aliphatic hydroxyl groups is 1. The second-order valence-corrected chi connectivity index (χ2v) is 5.22. The lowest BCUT2D eigenvalue weighted by Gasteiger charge is -2.16. The molecule has 7 nitrogen and oxygen atoms in total. The van der Waals surface area contributed by atoms with Crippen LogP contribution in [0.4, 0.5) is 11.4 Å². The Morgan fingerprint density at radius 3 is 2.71 bits per heavy atom. The lowest BCUT2D eigenvalue weighted by Crippen LogP contribution is -2.28. The van der Waals surface area contributed by atoms with Crippen molar-refractivity contribution in [3.8, 4) is 0 Å². The van der Waals surface area contributed by atoms with E-state index in [1.54, 1.807) is 17.9 Å². The molecule has 1 aliphatic heterocycles. The van der Waals surface area contributed by atoms with Crippen LogP contribution in [-0.4, -0.2) is 46.6 Å². The van der Waals surface area contributed by atoms with Gasteiger partial charge in [0.2, 0.25) is 0 Å². The van der Waals surface area contributed by atoms with Crippen molar-refractivity contribution < 1.29 is 14.8 Å². The maximum absolute atomic E-state index is 12.4. The van der Waals surface area contributed by atoms with Crippen LogP contribution in [0.25, 0.3) is 0 Å². The summed E-state index contributed by atoms with van der Waals surface area (Å²) in [5, 5.41) is 23.3. The third kappa shape index (κ3) is 3.69. The molecule has 1 aliphatic rings. The van der Waals surface area contributed by atoms with Gasteiger partial charge >= 0.3 is 0 Å². The molecular weight excluding hydrogens is 274 g/mol. The molecule has 1 aromatic rings. The normalized spacial score (nSPS) is 15.8. The molecule has 0 aliphatic carbocycles. The van der Waals surface area contributed by atoms with Gasteiger partial charge in [-0.15, -0.1) is 0 Å². The molecule has 0 radical (unpaired) electrons. The summed E-state index contributed by atoms with van der Waals surface area (Å²) in [7, 11) is 0. The number of rotatable bonds is 5. The van der Waals surface area contributed by atoms with Crippen molar-refractivity contribution >= 4 is 17.3 Å². The second-order valence-electron chi connectivity index (χ2n) is 5.22. The van der Waals surface area contributed by atoms with E-state index in [2.05, 4.69) is 5.32 Å². The molecule has 7 heteroatoms. The van der Waals surface area contributed by atoms with Crippen LogP contribution in [-0.2, 0) is 0 Å². The van der Waals surface area contributed by atoms with E-state index in [4.69, 9.17) is 0 Å². The number of likely N-dealkylation sites (tertiary alicyclic amines) is 1. The van der Waals surface area contributed by atoms with E-state index in [0.717, 1.165) is 12.8 Å².